The van der Waals surface area contributed by atoms with Gasteiger partial charge in [-0.05, 0) is 38.5 Å². The van der Waals surface area contributed by atoms with E-state index in [-0.39, 0.29) is 17.7 Å². The Hall–Kier alpha value is -1.10. The molecule has 1 aliphatic rings. The van der Waals surface area contributed by atoms with Crippen LogP contribution in [0.15, 0.2) is 24.3 Å². The zero-order chi connectivity index (χ0) is 14.6. The smallest absolute Gasteiger partial charge is 0.119 e. The van der Waals surface area contributed by atoms with Crippen LogP contribution in [0.4, 0.5) is 0 Å². The number of hydrogen-bond acceptors (Lipinski definition) is 4. The molecule has 0 radical (unpaired) electrons. The largest absolute Gasteiger partial charge is 0.497 e. The molecule has 1 unspecified atom stereocenters. The number of benzene rings is 1. The molecule has 1 saturated heterocycles. The molecule has 4 heteroatoms. The molecule has 0 aromatic heterocycles. The fourth-order valence-electron chi connectivity index (χ4n) is 2.01. The van der Waals surface area contributed by atoms with E-state index >= 15 is 0 Å². The van der Waals surface area contributed by atoms with Gasteiger partial charge in [-0.15, -0.1) is 0 Å². The minimum atomic E-state index is 0.0122. The lowest BCUT2D eigenvalue weighted by Crippen LogP contribution is -2.42. The molecule has 0 amide bonds. The van der Waals surface area contributed by atoms with Crippen molar-refractivity contribution >= 4 is 0 Å². The van der Waals surface area contributed by atoms with Gasteiger partial charge < -0.3 is 19.5 Å². The van der Waals surface area contributed by atoms with Crippen LogP contribution in [0.5, 0.6) is 5.75 Å². The van der Waals surface area contributed by atoms with Crippen LogP contribution in [0.2, 0.25) is 0 Å². The Bertz CT molecular complexity index is 424. The minimum Gasteiger partial charge on any atom is -0.497 e. The Morgan fingerprint density at radius 3 is 2.65 bits per heavy atom. The van der Waals surface area contributed by atoms with Gasteiger partial charge in [0.2, 0.25) is 0 Å². The lowest BCUT2D eigenvalue weighted by atomic mass is 10.1. The van der Waals surface area contributed by atoms with Crippen LogP contribution in [0, 0.1) is 0 Å². The van der Waals surface area contributed by atoms with Crippen molar-refractivity contribution in [1.82, 2.24) is 5.32 Å². The van der Waals surface area contributed by atoms with Crippen LogP contribution in [-0.4, -0.2) is 38.5 Å². The number of rotatable bonds is 6. The van der Waals surface area contributed by atoms with E-state index in [1.165, 1.54) is 0 Å². The maximum absolute atomic E-state index is 6.12. The van der Waals surface area contributed by atoms with Crippen molar-refractivity contribution in [2.45, 2.75) is 38.5 Å². The summed E-state index contributed by atoms with van der Waals surface area (Å²) in [5, 5.41) is 3.50. The molecule has 2 rings (SSSR count). The van der Waals surface area contributed by atoms with Crippen LogP contribution < -0.4 is 10.1 Å². The minimum absolute atomic E-state index is 0.0122. The third-order valence-electron chi connectivity index (χ3n) is 3.25. The number of nitrogens with one attached hydrogen (secondary N) is 1. The Kier molecular flexibility index (Phi) is 5.02. The molecule has 20 heavy (non-hydrogen) atoms. The molecule has 0 saturated carbocycles. The fourth-order valence-corrected chi connectivity index (χ4v) is 2.01. The van der Waals surface area contributed by atoms with Gasteiger partial charge >= 0.3 is 0 Å². The van der Waals surface area contributed by atoms with Crippen molar-refractivity contribution in [2.24, 2.45) is 0 Å². The second-order valence-corrected chi connectivity index (χ2v) is 6.19. The third-order valence-corrected chi connectivity index (χ3v) is 3.25. The van der Waals surface area contributed by atoms with Crippen molar-refractivity contribution in [1.29, 1.82) is 0 Å². The van der Waals surface area contributed by atoms with E-state index in [0.29, 0.717) is 13.2 Å². The van der Waals surface area contributed by atoms with E-state index in [9.17, 15) is 0 Å². The van der Waals surface area contributed by atoms with Gasteiger partial charge in [0.1, 0.15) is 11.9 Å². The van der Waals surface area contributed by atoms with Crippen LogP contribution in [0.25, 0.3) is 0 Å². The summed E-state index contributed by atoms with van der Waals surface area (Å²) in [5.74, 6) is 0.858. The summed E-state index contributed by atoms with van der Waals surface area (Å²) >= 11 is 0. The second-order valence-electron chi connectivity index (χ2n) is 6.19. The lowest BCUT2D eigenvalue weighted by Gasteiger charge is -2.32. The Morgan fingerprint density at radius 2 is 2.10 bits per heavy atom. The number of ether oxygens (including phenoxy) is 3. The maximum Gasteiger partial charge on any atom is 0.119 e. The van der Waals surface area contributed by atoms with Crippen molar-refractivity contribution in [3.05, 3.63) is 29.8 Å². The fraction of sp³-hybridized carbons (Fsp3) is 0.625. The molecule has 0 spiro atoms. The first-order valence-electron chi connectivity index (χ1n) is 7.10. The van der Waals surface area contributed by atoms with Crippen molar-refractivity contribution in [2.75, 3.05) is 26.9 Å². The first kappa shape index (κ1) is 15.3. The quantitative estimate of drug-likeness (QED) is 0.868. The third kappa shape index (κ3) is 4.47. The lowest BCUT2D eigenvalue weighted by molar-refractivity contribution is -0.155. The van der Waals surface area contributed by atoms with E-state index in [1.807, 2.05) is 18.2 Å². The highest BCUT2D eigenvalue weighted by atomic mass is 16.6. The monoisotopic (exact) mass is 279 g/mol. The predicted molar refractivity (Wildman–Crippen MR) is 79.2 cm³/mol. The van der Waals surface area contributed by atoms with Crippen molar-refractivity contribution in [3.8, 4) is 5.75 Å². The second kappa shape index (κ2) is 6.57. The van der Waals surface area contributed by atoms with E-state index in [0.717, 1.165) is 17.9 Å². The van der Waals surface area contributed by atoms with Gasteiger partial charge in [0.15, 0.2) is 0 Å². The Labute approximate surface area is 121 Å². The Morgan fingerprint density at radius 1 is 1.35 bits per heavy atom. The number of methoxy groups -OCH3 is 1. The van der Waals surface area contributed by atoms with Crippen LogP contribution in [-0.2, 0) is 9.47 Å². The summed E-state index contributed by atoms with van der Waals surface area (Å²) < 4.78 is 16.6. The summed E-state index contributed by atoms with van der Waals surface area (Å²) in [6.45, 7) is 8.62. The van der Waals surface area contributed by atoms with Gasteiger partial charge in [0.25, 0.3) is 0 Å². The Balaban J connectivity index is 2.06. The standard InChI is InChI=1S/C16H25NO3/c1-16(2,3)17-9-15(20-14-10-19-11-14)12-6-5-7-13(8-12)18-4/h5-8,14-15,17H,9-11H2,1-4H3. The van der Waals surface area contributed by atoms with Crippen LogP contribution >= 0.6 is 0 Å². The molecule has 1 aromatic rings. The molecule has 4 nitrogen and oxygen atoms in total. The molecule has 0 aliphatic carbocycles. The van der Waals surface area contributed by atoms with E-state index in [1.54, 1.807) is 7.11 Å². The van der Waals surface area contributed by atoms with Crippen LogP contribution in [0.1, 0.15) is 32.4 Å². The van der Waals surface area contributed by atoms with Gasteiger partial charge in [0.05, 0.1) is 26.4 Å². The molecule has 1 aromatic carbocycles. The summed E-state index contributed by atoms with van der Waals surface area (Å²) in [5.41, 5.74) is 1.20. The predicted octanol–water partition coefficient (Wildman–Crippen LogP) is 2.54. The average molecular weight is 279 g/mol. The highest BCUT2D eigenvalue weighted by Gasteiger charge is 2.25. The SMILES string of the molecule is COc1cccc(C(CNC(C)(C)C)OC2COC2)c1. The highest BCUT2D eigenvalue weighted by molar-refractivity contribution is 5.30. The molecule has 0 bridgehead atoms. The average Bonchev–Trinajstić information content (AvgIpc) is 2.35. The summed E-state index contributed by atoms with van der Waals surface area (Å²) in [4.78, 5) is 0. The molecule has 1 fully saturated rings. The van der Waals surface area contributed by atoms with Gasteiger partial charge in [-0.25, -0.2) is 0 Å². The first-order chi connectivity index (χ1) is 9.48. The topological polar surface area (TPSA) is 39.7 Å². The van der Waals surface area contributed by atoms with E-state index < -0.39 is 0 Å². The molecular formula is C16H25NO3. The normalized spacial score (nSPS) is 17.6. The van der Waals surface area contributed by atoms with Crippen molar-refractivity contribution in [3.63, 3.8) is 0 Å². The molecular weight excluding hydrogens is 254 g/mol. The molecule has 1 heterocycles. The van der Waals surface area contributed by atoms with Gasteiger partial charge in [0, 0.05) is 12.1 Å². The van der Waals surface area contributed by atoms with Gasteiger partial charge in [-0.2, -0.15) is 0 Å². The van der Waals surface area contributed by atoms with E-state index in [4.69, 9.17) is 14.2 Å². The maximum atomic E-state index is 6.12. The molecule has 1 N–H and O–H groups in total. The van der Waals surface area contributed by atoms with Crippen LogP contribution in [0.3, 0.4) is 0 Å². The van der Waals surface area contributed by atoms with E-state index in [2.05, 4.69) is 32.2 Å². The van der Waals surface area contributed by atoms with Gasteiger partial charge in [-0.1, -0.05) is 12.1 Å². The zero-order valence-electron chi connectivity index (χ0n) is 12.8. The zero-order valence-corrected chi connectivity index (χ0v) is 12.8. The molecule has 112 valence electrons. The highest BCUT2D eigenvalue weighted by Crippen LogP contribution is 2.25. The number of hydrogen-bond donors (Lipinski definition) is 1. The summed E-state index contributed by atoms with van der Waals surface area (Å²) in [6.07, 6.45) is 0.214. The molecule has 1 atom stereocenters. The van der Waals surface area contributed by atoms with Crippen molar-refractivity contribution < 1.29 is 14.2 Å². The first-order valence-corrected chi connectivity index (χ1v) is 7.10. The summed E-state index contributed by atoms with van der Waals surface area (Å²) in [6, 6.07) is 8.06. The van der Waals surface area contributed by atoms with Gasteiger partial charge in [-0.3, -0.25) is 0 Å². The molecule has 1 aliphatic heterocycles. The summed E-state index contributed by atoms with van der Waals surface area (Å²) in [7, 11) is 1.68.